The molecule has 2 aliphatic heterocycles. The molecule has 0 unspecified atom stereocenters. The number of piperidine rings is 1. The van der Waals surface area contributed by atoms with Crippen LogP contribution in [0.4, 0.5) is 0 Å². The molecule has 23 heavy (non-hydrogen) atoms. The van der Waals surface area contributed by atoms with E-state index >= 15 is 0 Å². The van der Waals surface area contributed by atoms with Gasteiger partial charge in [-0.2, -0.15) is 0 Å². The van der Waals surface area contributed by atoms with Crippen molar-refractivity contribution >= 4 is 5.78 Å². The predicted molar refractivity (Wildman–Crippen MR) is 83.2 cm³/mol. The highest BCUT2D eigenvalue weighted by Gasteiger charge is 2.72. The lowest BCUT2D eigenvalue weighted by atomic mass is 9.49. The molecule has 0 radical (unpaired) electrons. The van der Waals surface area contributed by atoms with Crippen LogP contribution in [-0.2, 0) is 21.4 Å². The summed E-state index contributed by atoms with van der Waals surface area (Å²) in [6.45, 7) is 0.888. The Morgan fingerprint density at radius 2 is 2.17 bits per heavy atom. The van der Waals surface area contributed by atoms with Crippen LogP contribution in [0.2, 0.25) is 0 Å². The van der Waals surface area contributed by atoms with Crippen LogP contribution in [-0.4, -0.2) is 44.3 Å². The van der Waals surface area contributed by atoms with Gasteiger partial charge in [-0.1, -0.05) is 6.07 Å². The van der Waals surface area contributed by atoms with Crippen LogP contribution in [0.1, 0.15) is 30.4 Å². The highest BCUT2D eigenvalue weighted by molar-refractivity contribution is 5.90. The molecule has 4 aliphatic rings. The Morgan fingerprint density at radius 1 is 1.30 bits per heavy atom. The maximum Gasteiger partial charge on any atom is 0.174 e. The smallest absolute Gasteiger partial charge is 0.174 e. The Balaban J connectivity index is 1.87. The highest BCUT2D eigenvalue weighted by atomic mass is 16.5. The van der Waals surface area contributed by atoms with Crippen molar-refractivity contribution in [2.24, 2.45) is 0 Å². The van der Waals surface area contributed by atoms with E-state index in [4.69, 9.17) is 14.2 Å². The van der Waals surface area contributed by atoms with Crippen molar-refractivity contribution in [1.82, 2.24) is 5.32 Å². The molecule has 1 saturated heterocycles. The average molecular weight is 315 g/mol. The highest BCUT2D eigenvalue weighted by Crippen LogP contribution is 2.64. The lowest BCUT2D eigenvalue weighted by Crippen LogP contribution is -2.76. The molecular weight excluding hydrogens is 294 g/mol. The van der Waals surface area contributed by atoms with E-state index in [9.17, 15) is 4.79 Å². The first-order valence-corrected chi connectivity index (χ1v) is 8.36. The Morgan fingerprint density at radius 3 is 2.96 bits per heavy atom. The lowest BCUT2D eigenvalue weighted by molar-refractivity contribution is -0.177. The first kappa shape index (κ1) is 13.8. The molecule has 5 nitrogen and oxygen atoms in total. The average Bonchev–Trinajstić information content (AvgIpc) is 2.91. The zero-order valence-electron chi connectivity index (χ0n) is 13.5. The minimum Gasteiger partial charge on any atom is -0.493 e. The molecule has 2 aliphatic carbocycles. The van der Waals surface area contributed by atoms with Crippen molar-refractivity contribution < 1.29 is 19.0 Å². The second-order valence-corrected chi connectivity index (χ2v) is 7.12. The molecular formula is C18H21NO4. The van der Waals surface area contributed by atoms with Crippen LogP contribution in [0.5, 0.6) is 11.5 Å². The largest absolute Gasteiger partial charge is 0.493 e. The lowest BCUT2D eigenvalue weighted by Gasteiger charge is -2.61. The van der Waals surface area contributed by atoms with Gasteiger partial charge >= 0.3 is 0 Å². The Labute approximate surface area is 135 Å². The first-order chi connectivity index (χ1) is 11.2. The molecule has 4 atom stereocenters. The van der Waals surface area contributed by atoms with Crippen LogP contribution >= 0.6 is 0 Å². The fourth-order valence-corrected chi connectivity index (χ4v) is 5.77. The number of benzene rings is 1. The van der Waals surface area contributed by atoms with Gasteiger partial charge in [-0.25, -0.2) is 0 Å². The van der Waals surface area contributed by atoms with Crippen molar-refractivity contribution in [2.45, 2.75) is 48.8 Å². The van der Waals surface area contributed by atoms with Crippen molar-refractivity contribution in [2.75, 3.05) is 20.8 Å². The van der Waals surface area contributed by atoms with Crippen molar-refractivity contribution in [1.29, 1.82) is 0 Å². The minimum absolute atomic E-state index is 0.199. The molecule has 0 aromatic heterocycles. The van der Waals surface area contributed by atoms with Crippen molar-refractivity contribution in [3.05, 3.63) is 23.3 Å². The molecule has 1 aromatic carbocycles. The topological polar surface area (TPSA) is 56.8 Å². The van der Waals surface area contributed by atoms with Crippen LogP contribution < -0.4 is 14.8 Å². The predicted octanol–water partition coefficient (Wildman–Crippen LogP) is 1.36. The molecule has 1 aromatic rings. The molecule has 1 N–H and O–H groups in total. The second kappa shape index (κ2) is 4.28. The van der Waals surface area contributed by atoms with Crippen molar-refractivity contribution in [3.63, 3.8) is 0 Å². The molecule has 1 saturated carbocycles. The fraction of sp³-hybridized carbons (Fsp3) is 0.611. The van der Waals surface area contributed by atoms with Gasteiger partial charge in [0.1, 0.15) is 0 Å². The summed E-state index contributed by atoms with van der Waals surface area (Å²) in [5.41, 5.74) is 1.70. The summed E-state index contributed by atoms with van der Waals surface area (Å²) in [5, 5.41) is 3.64. The molecule has 2 heterocycles. The monoisotopic (exact) mass is 315 g/mol. The minimum atomic E-state index is -0.439. The third kappa shape index (κ3) is 1.32. The SMILES string of the molecule is COc1ccc2c3c1O[C@H]1C(=O)CC[C@@]4(OC)[C@@H](C2)NCC[C@]314. The van der Waals surface area contributed by atoms with Crippen LogP contribution in [0.3, 0.4) is 0 Å². The summed E-state index contributed by atoms with van der Waals surface area (Å²) in [7, 11) is 3.44. The molecule has 5 heteroatoms. The van der Waals surface area contributed by atoms with Gasteiger partial charge < -0.3 is 19.5 Å². The maximum atomic E-state index is 12.7. The Kier molecular flexibility index (Phi) is 2.57. The third-order valence-electron chi connectivity index (χ3n) is 6.61. The van der Waals surface area contributed by atoms with E-state index in [0.29, 0.717) is 6.42 Å². The van der Waals surface area contributed by atoms with Gasteiger partial charge in [-0.3, -0.25) is 4.79 Å². The summed E-state index contributed by atoms with van der Waals surface area (Å²) >= 11 is 0. The van der Waals surface area contributed by atoms with Crippen LogP contribution in [0.15, 0.2) is 12.1 Å². The number of hydrogen-bond donors (Lipinski definition) is 1. The fourth-order valence-electron chi connectivity index (χ4n) is 5.77. The van der Waals surface area contributed by atoms with Crippen molar-refractivity contribution in [3.8, 4) is 11.5 Å². The zero-order chi connectivity index (χ0) is 15.8. The van der Waals surface area contributed by atoms with Gasteiger partial charge in [0.05, 0.1) is 18.1 Å². The Hall–Kier alpha value is -1.59. The van der Waals surface area contributed by atoms with Gasteiger partial charge in [0.25, 0.3) is 0 Å². The van der Waals surface area contributed by atoms with E-state index in [0.717, 1.165) is 37.3 Å². The summed E-state index contributed by atoms with van der Waals surface area (Å²) in [6, 6.07) is 4.32. The number of carbonyl (C=O) groups excluding carboxylic acids is 1. The number of nitrogens with one attached hydrogen (secondary N) is 1. The van der Waals surface area contributed by atoms with E-state index in [1.54, 1.807) is 14.2 Å². The molecule has 5 rings (SSSR count). The number of hydrogen-bond acceptors (Lipinski definition) is 5. The van der Waals surface area contributed by atoms with E-state index in [1.807, 2.05) is 6.07 Å². The molecule has 2 fully saturated rings. The number of ether oxygens (including phenoxy) is 3. The summed E-state index contributed by atoms with van der Waals surface area (Å²) < 4.78 is 18.0. The summed E-state index contributed by atoms with van der Waals surface area (Å²) in [6.07, 6.45) is 2.61. The van der Waals surface area contributed by atoms with Gasteiger partial charge in [-0.05, 0) is 37.4 Å². The van der Waals surface area contributed by atoms with Crippen LogP contribution in [0.25, 0.3) is 0 Å². The van der Waals surface area contributed by atoms with Gasteiger partial charge in [0, 0.05) is 25.1 Å². The van der Waals surface area contributed by atoms with Gasteiger partial charge in [-0.15, -0.1) is 0 Å². The van der Waals surface area contributed by atoms with E-state index in [1.165, 1.54) is 11.1 Å². The standard InChI is InChI=1S/C18H21NO4/c1-21-12-4-3-10-9-13-18(22-2)6-5-11(20)16-17(18,7-8-19-13)14(10)15(12)23-16/h3-4,13,16,19H,5-9H2,1-2H3/t13-,16+,17+,18-/m1/s1. The first-order valence-electron chi connectivity index (χ1n) is 8.36. The van der Waals surface area contributed by atoms with Gasteiger partial charge in [0.2, 0.25) is 0 Å². The summed E-state index contributed by atoms with van der Waals surface area (Å²) in [4.78, 5) is 12.7. The Bertz CT molecular complexity index is 717. The summed E-state index contributed by atoms with van der Waals surface area (Å²) in [5.74, 6) is 1.69. The normalized spacial score (nSPS) is 39.7. The molecule has 1 spiro atoms. The van der Waals surface area contributed by atoms with Crippen LogP contribution in [0, 0.1) is 0 Å². The molecule has 2 bridgehead atoms. The molecule has 122 valence electrons. The van der Waals surface area contributed by atoms with Gasteiger partial charge in [0.15, 0.2) is 23.4 Å². The number of methoxy groups -OCH3 is 2. The number of ketones is 1. The van der Waals surface area contributed by atoms with E-state index < -0.39 is 6.10 Å². The third-order valence-corrected chi connectivity index (χ3v) is 6.61. The zero-order valence-corrected chi connectivity index (χ0v) is 13.5. The quantitative estimate of drug-likeness (QED) is 0.893. The maximum absolute atomic E-state index is 12.7. The second-order valence-electron chi connectivity index (χ2n) is 7.12. The van der Waals surface area contributed by atoms with E-state index in [2.05, 4.69) is 11.4 Å². The molecule has 0 amide bonds. The number of rotatable bonds is 2. The number of carbonyl (C=O) groups is 1. The number of Topliss-reactive ketones (excluding diaryl/α,β-unsaturated/α-hetero) is 1. The van der Waals surface area contributed by atoms with E-state index in [-0.39, 0.29) is 22.8 Å².